The lowest BCUT2D eigenvalue weighted by Gasteiger charge is -2.05. The van der Waals surface area contributed by atoms with Gasteiger partial charge in [-0.3, -0.25) is 9.78 Å². The van der Waals surface area contributed by atoms with Crippen LogP contribution in [0.2, 0.25) is 5.02 Å². The first-order valence-electron chi connectivity index (χ1n) is 7.99. The molecule has 0 aliphatic heterocycles. The molecule has 0 saturated heterocycles. The van der Waals surface area contributed by atoms with E-state index in [1.165, 1.54) is 12.4 Å². The SMILES string of the molecule is Cc1ccccc1-c1nc2ccc(NC(=O)c3ccncc3Cl)cc2o1. The first-order chi connectivity index (χ1) is 12.6. The maximum Gasteiger partial charge on any atom is 0.257 e. The standard InChI is InChI=1S/C20H14ClN3O2/c1-12-4-2-3-5-14(12)20-24-17-7-6-13(10-18(17)26-20)23-19(25)15-8-9-22-11-16(15)21/h2-11H,1H3,(H,23,25). The minimum absolute atomic E-state index is 0.299. The second kappa shape index (κ2) is 6.61. The molecule has 0 atom stereocenters. The third-order valence-corrected chi connectivity index (χ3v) is 4.34. The summed E-state index contributed by atoms with van der Waals surface area (Å²) in [4.78, 5) is 20.8. The number of rotatable bonds is 3. The summed E-state index contributed by atoms with van der Waals surface area (Å²) >= 11 is 6.01. The topological polar surface area (TPSA) is 68.0 Å². The van der Waals surface area contributed by atoms with Gasteiger partial charge in [-0.1, -0.05) is 29.8 Å². The van der Waals surface area contributed by atoms with Gasteiger partial charge >= 0.3 is 0 Å². The Bertz CT molecular complexity index is 1120. The fraction of sp³-hybridized carbons (Fsp3) is 0.0500. The van der Waals surface area contributed by atoms with Gasteiger partial charge in [0.2, 0.25) is 5.89 Å². The van der Waals surface area contributed by atoms with E-state index in [9.17, 15) is 4.79 Å². The van der Waals surface area contributed by atoms with Gasteiger partial charge in [-0.2, -0.15) is 0 Å². The van der Waals surface area contributed by atoms with Crippen LogP contribution in [0.4, 0.5) is 5.69 Å². The van der Waals surface area contributed by atoms with E-state index in [-0.39, 0.29) is 5.91 Å². The Labute approximate surface area is 154 Å². The number of fused-ring (bicyclic) bond motifs is 1. The zero-order valence-corrected chi connectivity index (χ0v) is 14.6. The molecule has 5 nitrogen and oxygen atoms in total. The molecule has 0 bridgehead atoms. The quantitative estimate of drug-likeness (QED) is 0.549. The molecule has 4 rings (SSSR count). The van der Waals surface area contributed by atoms with Crippen LogP contribution in [0.15, 0.2) is 65.3 Å². The lowest BCUT2D eigenvalue weighted by molar-refractivity contribution is 0.102. The third-order valence-electron chi connectivity index (χ3n) is 4.04. The number of aromatic nitrogens is 2. The maximum atomic E-state index is 12.4. The van der Waals surface area contributed by atoms with Crippen molar-refractivity contribution in [3.63, 3.8) is 0 Å². The van der Waals surface area contributed by atoms with E-state index in [1.807, 2.05) is 37.3 Å². The molecule has 0 aliphatic carbocycles. The first-order valence-corrected chi connectivity index (χ1v) is 8.37. The molecule has 0 saturated carbocycles. The Balaban J connectivity index is 1.65. The van der Waals surface area contributed by atoms with Crippen molar-refractivity contribution in [1.29, 1.82) is 0 Å². The molecular weight excluding hydrogens is 350 g/mol. The summed E-state index contributed by atoms with van der Waals surface area (Å²) in [7, 11) is 0. The number of hydrogen-bond donors (Lipinski definition) is 1. The molecule has 26 heavy (non-hydrogen) atoms. The molecule has 1 amide bonds. The molecule has 0 aliphatic rings. The van der Waals surface area contributed by atoms with Crippen LogP contribution in [0.5, 0.6) is 0 Å². The average molecular weight is 364 g/mol. The predicted molar refractivity (Wildman–Crippen MR) is 101 cm³/mol. The van der Waals surface area contributed by atoms with Gasteiger partial charge in [-0.15, -0.1) is 0 Å². The van der Waals surface area contributed by atoms with Crippen LogP contribution in [-0.4, -0.2) is 15.9 Å². The summed E-state index contributed by atoms with van der Waals surface area (Å²) in [5, 5.41) is 3.11. The van der Waals surface area contributed by atoms with Gasteiger partial charge in [0, 0.05) is 29.7 Å². The van der Waals surface area contributed by atoms with Crippen LogP contribution in [0.1, 0.15) is 15.9 Å². The molecule has 0 spiro atoms. The number of carbonyl (C=O) groups excluding carboxylic acids is 1. The number of oxazole rings is 1. The monoisotopic (exact) mass is 363 g/mol. The van der Waals surface area contributed by atoms with E-state index in [2.05, 4.69) is 15.3 Å². The normalized spacial score (nSPS) is 10.8. The third kappa shape index (κ3) is 3.05. The Hall–Kier alpha value is -3.18. The fourth-order valence-electron chi connectivity index (χ4n) is 2.69. The van der Waals surface area contributed by atoms with Crippen molar-refractivity contribution in [1.82, 2.24) is 9.97 Å². The van der Waals surface area contributed by atoms with Gasteiger partial charge in [0.25, 0.3) is 5.91 Å². The van der Waals surface area contributed by atoms with Gasteiger partial charge < -0.3 is 9.73 Å². The smallest absolute Gasteiger partial charge is 0.257 e. The molecule has 1 N–H and O–H groups in total. The Kier molecular flexibility index (Phi) is 4.14. The lowest BCUT2D eigenvalue weighted by atomic mass is 10.1. The summed E-state index contributed by atoms with van der Waals surface area (Å²) in [6.45, 7) is 2.01. The van der Waals surface area contributed by atoms with E-state index in [0.717, 1.165) is 16.6 Å². The summed E-state index contributed by atoms with van der Waals surface area (Å²) in [5.74, 6) is 0.245. The highest BCUT2D eigenvalue weighted by Gasteiger charge is 2.13. The number of carbonyl (C=O) groups is 1. The van der Waals surface area contributed by atoms with Crippen LogP contribution < -0.4 is 5.32 Å². The number of nitrogens with zero attached hydrogens (tertiary/aromatic N) is 2. The number of benzene rings is 2. The number of halogens is 1. The largest absolute Gasteiger partial charge is 0.436 e. The Morgan fingerprint density at radius 1 is 1.15 bits per heavy atom. The summed E-state index contributed by atoms with van der Waals surface area (Å²) in [6, 6.07) is 14.8. The number of pyridine rings is 1. The van der Waals surface area contributed by atoms with Crippen molar-refractivity contribution >= 4 is 34.3 Å². The zero-order chi connectivity index (χ0) is 18.1. The highest BCUT2D eigenvalue weighted by atomic mass is 35.5. The summed E-state index contributed by atoms with van der Waals surface area (Å²) < 4.78 is 5.89. The van der Waals surface area contributed by atoms with E-state index in [1.54, 1.807) is 18.2 Å². The summed E-state index contributed by atoms with van der Waals surface area (Å²) in [5.41, 5.74) is 4.31. The average Bonchev–Trinajstić information content (AvgIpc) is 3.05. The Morgan fingerprint density at radius 2 is 2.00 bits per heavy atom. The van der Waals surface area contributed by atoms with Crippen LogP contribution in [0, 0.1) is 6.92 Å². The van der Waals surface area contributed by atoms with Gasteiger partial charge in [0.15, 0.2) is 5.58 Å². The minimum atomic E-state index is -0.310. The zero-order valence-electron chi connectivity index (χ0n) is 13.9. The van der Waals surface area contributed by atoms with Crippen molar-refractivity contribution < 1.29 is 9.21 Å². The second-order valence-electron chi connectivity index (χ2n) is 5.83. The maximum absolute atomic E-state index is 12.4. The molecule has 6 heteroatoms. The van der Waals surface area contributed by atoms with E-state index in [4.69, 9.17) is 16.0 Å². The van der Waals surface area contributed by atoms with Gasteiger partial charge in [-0.25, -0.2) is 4.98 Å². The lowest BCUT2D eigenvalue weighted by Crippen LogP contribution is -2.12. The van der Waals surface area contributed by atoms with Crippen LogP contribution in [0.3, 0.4) is 0 Å². The molecular formula is C20H14ClN3O2. The Morgan fingerprint density at radius 3 is 2.81 bits per heavy atom. The van der Waals surface area contributed by atoms with Crippen LogP contribution >= 0.6 is 11.6 Å². The molecule has 2 heterocycles. The van der Waals surface area contributed by atoms with E-state index >= 15 is 0 Å². The molecule has 4 aromatic rings. The molecule has 0 unspecified atom stereocenters. The highest BCUT2D eigenvalue weighted by molar-refractivity contribution is 6.34. The fourth-order valence-corrected chi connectivity index (χ4v) is 2.89. The van der Waals surface area contributed by atoms with Crippen molar-refractivity contribution in [2.45, 2.75) is 6.92 Å². The number of aryl methyl sites for hydroxylation is 1. The molecule has 128 valence electrons. The van der Waals surface area contributed by atoms with Gasteiger partial charge in [-0.05, 0) is 36.8 Å². The highest BCUT2D eigenvalue weighted by Crippen LogP contribution is 2.28. The molecule has 0 fully saturated rings. The van der Waals surface area contributed by atoms with Gasteiger partial charge in [0.1, 0.15) is 5.52 Å². The van der Waals surface area contributed by atoms with Crippen molar-refractivity contribution in [2.75, 3.05) is 5.32 Å². The number of anilines is 1. The second-order valence-corrected chi connectivity index (χ2v) is 6.23. The van der Waals surface area contributed by atoms with Crippen molar-refractivity contribution in [2.24, 2.45) is 0 Å². The predicted octanol–water partition coefficient (Wildman–Crippen LogP) is 5.10. The number of hydrogen-bond acceptors (Lipinski definition) is 4. The minimum Gasteiger partial charge on any atom is -0.436 e. The molecule has 2 aromatic carbocycles. The van der Waals surface area contributed by atoms with Crippen LogP contribution in [0.25, 0.3) is 22.6 Å². The summed E-state index contributed by atoms with van der Waals surface area (Å²) in [6.07, 6.45) is 2.96. The first kappa shape index (κ1) is 16.3. The molecule has 2 aromatic heterocycles. The van der Waals surface area contributed by atoms with Gasteiger partial charge in [0.05, 0.1) is 10.6 Å². The number of nitrogens with one attached hydrogen (secondary N) is 1. The number of amides is 1. The van der Waals surface area contributed by atoms with Crippen LogP contribution in [-0.2, 0) is 0 Å². The van der Waals surface area contributed by atoms with E-state index < -0.39 is 0 Å². The molecule has 0 radical (unpaired) electrons. The van der Waals surface area contributed by atoms with Crippen molar-refractivity contribution in [3.8, 4) is 11.5 Å². The van der Waals surface area contributed by atoms with Crippen molar-refractivity contribution in [3.05, 3.63) is 77.1 Å². The van der Waals surface area contributed by atoms with E-state index in [0.29, 0.717) is 27.7 Å².